The molecule has 8 heteroatoms. The molecule has 0 radical (unpaired) electrons. The van der Waals surface area contributed by atoms with Gasteiger partial charge in [-0.05, 0) is 31.2 Å². The molecule has 1 heterocycles. The number of nitrogens with zero attached hydrogens (tertiary/aromatic N) is 1. The van der Waals surface area contributed by atoms with Crippen LogP contribution in [0, 0.1) is 6.92 Å². The van der Waals surface area contributed by atoms with Gasteiger partial charge in [-0.2, -0.15) is 0 Å². The van der Waals surface area contributed by atoms with E-state index >= 15 is 0 Å². The highest BCUT2D eigenvalue weighted by atomic mass is 32.1. The van der Waals surface area contributed by atoms with Gasteiger partial charge in [-0.1, -0.05) is 24.0 Å². The Morgan fingerprint density at radius 1 is 1.28 bits per heavy atom. The van der Waals surface area contributed by atoms with Crippen molar-refractivity contribution in [2.45, 2.75) is 6.92 Å². The van der Waals surface area contributed by atoms with Crippen LogP contribution in [-0.4, -0.2) is 37.2 Å². The van der Waals surface area contributed by atoms with Crippen LogP contribution in [0.15, 0.2) is 36.9 Å². The highest BCUT2D eigenvalue weighted by Crippen LogP contribution is 2.23. The molecule has 0 atom stereocenters. The Labute approximate surface area is 149 Å². The van der Waals surface area contributed by atoms with Crippen LogP contribution >= 0.6 is 11.3 Å². The van der Waals surface area contributed by atoms with E-state index in [2.05, 4.69) is 16.9 Å². The molecule has 0 fully saturated rings. The number of rotatable bonds is 8. The van der Waals surface area contributed by atoms with Crippen LogP contribution in [0.4, 0.5) is 5.13 Å². The number of aromatic nitrogens is 1. The van der Waals surface area contributed by atoms with Gasteiger partial charge >= 0.3 is 5.97 Å². The van der Waals surface area contributed by atoms with E-state index in [4.69, 9.17) is 14.2 Å². The van der Waals surface area contributed by atoms with E-state index in [1.165, 1.54) is 6.08 Å². The first kappa shape index (κ1) is 18.5. The lowest BCUT2D eigenvalue weighted by Gasteiger charge is -2.06. The van der Waals surface area contributed by atoms with Gasteiger partial charge < -0.3 is 14.2 Å². The number of hydrogen-bond acceptors (Lipinski definition) is 7. The minimum atomic E-state index is -0.495. The van der Waals surface area contributed by atoms with Crippen molar-refractivity contribution in [2.24, 2.45) is 0 Å². The number of amides is 1. The number of carbonyl (C=O) groups is 2. The lowest BCUT2D eigenvalue weighted by molar-refractivity contribution is -0.118. The number of thiazole rings is 1. The lowest BCUT2D eigenvalue weighted by atomic mass is 10.3. The third kappa shape index (κ3) is 5.32. The maximum Gasteiger partial charge on any atom is 0.350 e. The van der Waals surface area contributed by atoms with E-state index in [1.807, 2.05) is 0 Å². The van der Waals surface area contributed by atoms with Gasteiger partial charge in [0.1, 0.15) is 23.0 Å². The van der Waals surface area contributed by atoms with Crippen molar-refractivity contribution < 1.29 is 23.8 Å². The first-order valence-corrected chi connectivity index (χ1v) is 8.17. The molecule has 25 heavy (non-hydrogen) atoms. The predicted octanol–water partition coefficient (Wildman–Crippen LogP) is 2.82. The number of ether oxygens (including phenoxy) is 3. The van der Waals surface area contributed by atoms with E-state index in [1.54, 1.807) is 38.3 Å². The molecule has 0 saturated heterocycles. The van der Waals surface area contributed by atoms with Crippen LogP contribution < -0.4 is 14.8 Å². The van der Waals surface area contributed by atoms with Crippen molar-refractivity contribution in [2.75, 3.05) is 25.6 Å². The van der Waals surface area contributed by atoms with Crippen LogP contribution in [0.1, 0.15) is 15.4 Å². The number of aryl methyl sites for hydroxylation is 1. The molecule has 0 spiro atoms. The monoisotopic (exact) mass is 362 g/mol. The van der Waals surface area contributed by atoms with Gasteiger partial charge in [0.05, 0.1) is 12.8 Å². The van der Waals surface area contributed by atoms with E-state index in [0.717, 1.165) is 11.3 Å². The topological polar surface area (TPSA) is 86.8 Å². The molecule has 132 valence electrons. The highest BCUT2D eigenvalue weighted by Gasteiger charge is 2.17. The molecule has 2 rings (SSSR count). The Bertz CT molecular complexity index is 755. The number of methoxy groups -OCH3 is 1. The zero-order chi connectivity index (χ0) is 18.2. The van der Waals surface area contributed by atoms with E-state index in [0.29, 0.717) is 27.2 Å². The van der Waals surface area contributed by atoms with Crippen molar-refractivity contribution in [1.82, 2.24) is 4.98 Å². The summed E-state index contributed by atoms with van der Waals surface area (Å²) in [6, 6.07) is 6.87. The van der Waals surface area contributed by atoms with Crippen molar-refractivity contribution in [3.8, 4) is 11.5 Å². The van der Waals surface area contributed by atoms with Crippen molar-refractivity contribution in [1.29, 1.82) is 0 Å². The summed E-state index contributed by atoms with van der Waals surface area (Å²) in [6.45, 7) is 5.09. The first-order valence-electron chi connectivity index (χ1n) is 7.35. The normalized spacial score (nSPS) is 10.0. The standard InChI is InChI=1S/C17H18N2O5S/c1-4-9-23-16(21)15-11(2)18-17(25-15)19-14(20)10-24-13-7-5-12(22-3)6-8-13/h4-8H,1,9-10H2,2-3H3,(H,18,19,20). The fraction of sp³-hybridized carbons (Fsp3) is 0.235. The van der Waals surface area contributed by atoms with E-state index in [-0.39, 0.29) is 19.1 Å². The molecule has 2 aromatic rings. The van der Waals surface area contributed by atoms with Gasteiger partial charge in [-0.3, -0.25) is 10.1 Å². The number of benzene rings is 1. The quantitative estimate of drug-likeness (QED) is 0.574. The third-order valence-electron chi connectivity index (χ3n) is 2.99. The average Bonchev–Trinajstić information content (AvgIpc) is 2.98. The van der Waals surface area contributed by atoms with Gasteiger partial charge in [-0.25, -0.2) is 9.78 Å². The molecule has 0 aliphatic heterocycles. The van der Waals surface area contributed by atoms with Crippen LogP contribution in [0.2, 0.25) is 0 Å². The van der Waals surface area contributed by atoms with Gasteiger partial charge in [0.2, 0.25) is 0 Å². The summed E-state index contributed by atoms with van der Waals surface area (Å²) in [7, 11) is 1.57. The molecule has 1 amide bonds. The Morgan fingerprint density at radius 2 is 1.96 bits per heavy atom. The Hall–Kier alpha value is -2.87. The van der Waals surface area contributed by atoms with Crippen LogP contribution in [0.3, 0.4) is 0 Å². The maximum atomic E-state index is 11.9. The number of hydrogen-bond donors (Lipinski definition) is 1. The van der Waals surface area contributed by atoms with Crippen molar-refractivity contribution >= 4 is 28.3 Å². The Morgan fingerprint density at radius 3 is 2.60 bits per heavy atom. The second kappa shape index (κ2) is 8.84. The van der Waals surface area contributed by atoms with Crippen molar-refractivity contribution in [3.05, 3.63) is 47.5 Å². The molecular formula is C17H18N2O5S. The van der Waals surface area contributed by atoms with Crippen LogP contribution in [0.25, 0.3) is 0 Å². The summed E-state index contributed by atoms with van der Waals surface area (Å²) in [5, 5.41) is 2.91. The smallest absolute Gasteiger partial charge is 0.350 e. The fourth-order valence-electron chi connectivity index (χ4n) is 1.82. The van der Waals surface area contributed by atoms with Crippen LogP contribution in [0.5, 0.6) is 11.5 Å². The molecule has 0 aliphatic carbocycles. The Balaban J connectivity index is 1.89. The molecule has 0 aliphatic rings. The minimum Gasteiger partial charge on any atom is -0.497 e. The largest absolute Gasteiger partial charge is 0.497 e. The summed E-state index contributed by atoms with van der Waals surface area (Å²) >= 11 is 1.05. The molecule has 1 aromatic carbocycles. The summed E-state index contributed by atoms with van der Waals surface area (Å²) in [5.74, 6) is 0.367. The fourth-order valence-corrected chi connectivity index (χ4v) is 2.69. The molecular weight excluding hydrogens is 344 g/mol. The second-order valence-electron chi connectivity index (χ2n) is 4.83. The second-order valence-corrected chi connectivity index (χ2v) is 5.83. The van der Waals surface area contributed by atoms with Crippen molar-refractivity contribution in [3.63, 3.8) is 0 Å². The molecule has 1 aromatic heterocycles. The summed E-state index contributed by atoms with van der Waals surface area (Å²) < 4.78 is 15.4. The minimum absolute atomic E-state index is 0.119. The average molecular weight is 362 g/mol. The maximum absolute atomic E-state index is 11.9. The molecule has 1 N–H and O–H groups in total. The predicted molar refractivity (Wildman–Crippen MR) is 94.4 cm³/mol. The molecule has 0 unspecified atom stereocenters. The zero-order valence-electron chi connectivity index (χ0n) is 13.9. The van der Waals surface area contributed by atoms with Gasteiger partial charge in [-0.15, -0.1) is 0 Å². The molecule has 0 bridgehead atoms. The number of esters is 1. The summed E-state index contributed by atoms with van der Waals surface area (Å²) in [4.78, 5) is 28.3. The van der Waals surface area contributed by atoms with E-state index in [9.17, 15) is 9.59 Å². The lowest BCUT2D eigenvalue weighted by Crippen LogP contribution is -2.20. The molecule has 7 nitrogen and oxygen atoms in total. The van der Waals surface area contributed by atoms with Crippen LogP contribution in [-0.2, 0) is 9.53 Å². The first-order chi connectivity index (χ1) is 12.0. The number of carbonyl (C=O) groups excluding carboxylic acids is 2. The Kier molecular flexibility index (Phi) is 6.53. The SMILES string of the molecule is C=CCOC(=O)c1sc(NC(=O)COc2ccc(OC)cc2)nc1C. The zero-order valence-corrected chi connectivity index (χ0v) is 14.7. The number of anilines is 1. The van der Waals surface area contributed by atoms with Gasteiger partial charge in [0, 0.05) is 0 Å². The molecule has 0 saturated carbocycles. The van der Waals surface area contributed by atoms with E-state index < -0.39 is 5.97 Å². The summed E-state index contributed by atoms with van der Waals surface area (Å²) in [6.07, 6.45) is 1.48. The van der Waals surface area contributed by atoms with Gasteiger partial charge in [0.25, 0.3) is 5.91 Å². The number of nitrogens with one attached hydrogen (secondary N) is 1. The van der Waals surface area contributed by atoms with Gasteiger partial charge in [0.15, 0.2) is 11.7 Å². The summed E-state index contributed by atoms with van der Waals surface area (Å²) in [5.41, 5.74) is 0.491. The highest BCUT2D eigenvalue weighted by molar-refractivity contribution is 7.17. The third-order valence-corrected chi connectivity index (χ3v) is 4.04.